The molecule has 156 valence electrons. The third-order valence-corrected chi connectivity index (χ3v) is 6.13. The van der Waals surface area contributed by atoms with Gasteiger partial charge < -0.3 is 15.0 Å². The van der Waals surface area contributed by atoms with E-state index in [-0.39, 0.29) is 0 Å². The van der Waals surface area contributed by atoms with Crippen LogP contribution in [0.25, 0.3) is 0 Å². The molecule has 0 amide bonds. The van der Waals surface area contributed by atoms with Crippen molar-refractivity contribution in [3.8, 4) is 0 Å². The third-order valence-electron chi connectivity index (χ3n) is 6.13. The van der Waals surface area contributed by atoms with Crippen molar-refractivity contribution in [1.82, 2.24) is 15.1 Å². The number of aliphatic imine (C=N–C) groups is 1. The van der Waals surface area contributed by atoms with Gasteiger partial charge in [-0.2, -0.15) is 0 Å². The molecule has 2 aliphatic heterocycles. The first kappa shape index (κ1) is 21.1. The summed E-state index contributed by atoms with van der Waals surface area (Å²) in [6.45, 7) is 9.27. The van der Waals surface area contributed by atoms with E-state index in [1.807, 2.05) is 7.05 Å². The molecule has 1 aromatic carbocycles. The average Bonchev–Trinajstić information content (AvgIpc) is 2.74. The molecule has 0 aromatic heterocycles. The molecule has 5 heteroatoms. The van der Waals surface area contributed by atoms with E-state index in [1.165, 1.54) is 31.4 Å². The average molecular weight is 387 g/mol. The Morgan fingerprint density at radius 3 is 2.82 bits per heavy atom. The van der Waals surface area contributed by atoms with Crippen molar-refractivity contribution in [3.63, 3.8) is 0 Å². The minimum Gasteiger partial charge on any atom is -0.382 e. The summed E-state index contributed by atoms with van der Waals surface area (Å²) in [5.41, 5.74) is 1.44. The lowest BCUT2D eigenvalue weighted by atomic mass is 9.83. The number of nitrogens with one attached hydrogen (secondary N) is 1. The maximum Gasteiger partial charge on any atom is 0.193 e. The van der Waals surface area contributed by atoms with Crippen molar-refractivity contribution in [2.75, 3.05) is 46.4 Å². The van der Waals surface area contributed by atoms with Crippen LogP contribution in [0, 0.1) is 5.92 Å². The molecular formula is C23H38N4O. The normalized spacial score (nSPS) is 23.5. The Morgan fingerprint density at radius 2 is 2.04 bits per heavy atom. The van der Waals surface area contributed by atoms with E-state index < -0.39 is 0 Å². The molecule has 2 saturated heterocycles. The number of nitrogens with zero attached hydrogens (tertiary/aromatic N) is 3. The molecule has 0 radical (unpaired) electrons. The summed E-state index contributed by atoms with van der Waals surface area (Å²) in [4.78, 5) is 9.77. The SMILES string of the molecule is CCOCCCCNC(=NC)N1CCC2C(CCCN2Cc2ccccc2)C1. The molecule has 0 saturated carbocycles. The van der Waals surface area contributed by atoms with Gasteiger partial charge in [-0.15, -0.1) is 0 Å². The van der Waals surface area contributed by atoms with Crippen molar-refractivity contribution in [3.05, 3.63) is 35.9 Å². The number of rotatable bonds is 8. The second-order valence-corrected chi connectivity index (χ2v) is 8.04. The maximum atomic E-state index is 5.42. The van der Waals surface area contributed by atoms with E-state index in [9.17, 15) is 0 Å². The number of hydrogen-bond acceptors (Lipinski definition) is 3. The number of fused-ring (bicyclic) bond motifs is 1. The van der Waals surface area contributed by atoms with Gasteiger partial charge in [0.2, 0.25) is 0 Å². The van der Waals surface area contributed by atoms with Gasteiger partial charge >= 0.3 is 0 Å². The molecule has 5 nitrogen and oxygen atoms in total. The first-order valence-electron chi connectivity index (χ1n) is 11.1. The first-order valence-corrected chi connectivity index (χ1v) is 11.1. The van der Waals surface area contributed by atoms with Crippen LogP contribution >= 0.6 is 0 Å². The van der Waals surface area contributed by atoms with E-state index in [0.29, 0.717) is 0 Å². The number of benzene rings is 1. The fourth-order valence-corrected chi connectivity index (χ4v) is 4.72. The fraction of sp³-hybridized carbons (Fsp3) is 0.696. The van der Waals surface area contributed by atoms with Crippen molar-refractivity contribution in [2.24, 2.45) is 10.9 Å². The molecule has 2 fully saturated rings. The summed E-state index contributed by atoms with van der Waals surface area (Å²) < 4.78 is 5.42. The van der Waals surface area contributed by atoms with Crippen LogP contribution < -0.4 is 5.32 Å². The Hall–Kier alpha value is -1.59. The topological polar surface area (TPSA) is 40.1 Å². The van der Waals surface area contributed by atoms with Gasteiger partial charge in [-0.1, -0.05) is 30.3 Å². The van der Waals surface area contributed by atoms with Gasteiger partial charge in [0.1, 0.15) is 0 Å². The minimum atomic E-state index is 0.717. The zero-order valence-corrected chi connectivity index (χ0v) is 17.8. The Morgan fingerprint density at radius 1 is 1.18 bits per heavy atom. The molecule has 2 heterocycles. The first-order chi connectivity index (χ1) is 13.8. The highest BCUT2D eigenvalue weighted by Gasteiger charge is 2.36. The van der Waals surface area contributed by atoms with Gasteiger partial charge in [-0.05, 0) is 57.1 Å². The Labute approximate surface area is 171 Å². The highest BCUT2D eigenvalue weighted by Crippen LogP contribution is 2.31. The van der Waals surface area contributed by atoms with Gasteiger partial charge in [0.05, 0.1) is 0 Å². The van der Waals surface area contributed by atoms with Crippen LogP contribution in [0.5, 0.6) is 0 Å². The van der Waals surface area contributed by atoms with E-state index >= 15 is 0 Å². The predicted molar refractivity (Wildman–Crippen MR) is 117 cm³/mol. The number of hydrogen-bond donors (Lipinski definition) is 1. The summed E-state index contributed by atoms with van der Waals surface area (Å²) in [6, 6.07) is 11.7. The van der Waals surface area contributed by atoms with Crippen LogP contribution in [0.3, 0.4) is 0 Å². The van der Waals surface area contributed by atoms with Crippen LogP contribution in [-0.4, -0.2) is 68.2 Å². The molecule has 3 rings (SSSR count). The van der Waals surface area contributed by atoms with Crippen molar-refractivity contribution >= 4 is 5.96 Å². The molecule has 1 aromatic rings. The Bertz CT molecular complexity index is 592. The Balaban J connectivity index is 1.48. The number of unbranched alkanes of at least 4 members (excludes halogenated alkanes) is 1. The second-order valence-electron chi connectivity index (χ2n) is 8.04. The lowest BCUT2D eigenvalue weighted by Gasteiger charge is -2.48. The quantitative estimate of drug-likeness (QED) is 0.422. The molecule has 0 bridgehead atoms. The van der Waals surface area contributed by atoms with Crippen LogP contribution in [-0.2, 0) is 11.3 Å². The maximum absolute atomic E-state index is 5.42. The Kier molecular flexibility index (Phi) is 8.62. The molecule has 2 aliphatic rings. The van der Waals surface area contributed by atoms with Gasteiger partial charge in [0, 0.05) is 52.5 Å². The van der Waals surface area contributed by atoms with Crippen LogP contribution in [0.1, 0.15) is 44.6 Å². The number of likely N-dealkylation sites (tertiary alicyclic amines) is 2. The van der Waals surface area contributed by atoms with Crippen molar-refractivity contribution < 1.29 is 4.74 Å². The van der Waals surface area contributed by atoms with Gasteiger partial charge in [0.25, 0.3) is 0 Å². The van der Waals surface area contributed by atoms with Crippen molar-refractivity contribution in [1.29, 1.82) is 0 Å². The summed E-state index contributed by atoms with van der Waals surface area (Å²) >= 11 is 0. The molecule has 1 N–H and O–H groups in total. The van der Waals surface area contributed by atoms with Gasteiger partial charge in [0.15, 0.2) is 5.96 Å². The van der Waals surface area contributed by atoms with E-state index in [0.717, 1.165) is 70.2 Å². The standard InChI is InChI=1S/C23H38N4O/c1-3-28-17-8-7-14-25-23(24-2)27-16-13-22-21(19-27)12-9-15-26(22)18-20-10-5-4-6-11-20/h4-6,10-11,21-22H,3,7-9,12-19H2,1-2H3,(H,24,25). The van der Waals surface area contributed by atoms with Crippen molar-refractivity contribution in [2.45, 2.75) is 51.6 Å². The van der Waals surface area contributed by atoms with E-state index in [4.69, 9.17) is 4.74 Å². The largest absolute Gasteiger partial charge is 0.382 e. The second kappa shape index (κ2) is 11.4. The number of piperidine rings is 2. The minimum absolute atomic E-state index is 0.717. The molecule has 28 heavy (non-hydrogen) atoms. The summed E-state index contributed by atoms with van der Waals surface area (Å²) in [7, 11) is 1.91. The highest BCUT2D eigenvalue weighted by molar-refractivity contribution is 5.80. The molecule has 0 aliphatic carbocycles. The monoisotopic (exact) mass is 386 g/mol. The zero-order chi connectivity index (χ0) is 19.6. The molecule has 2 atom stereocenters. The molecule has 2 unspecified atom stereocenters. The van der Waals surface area contributed by atoms with Crippen LogP contribution in [0.15, 0.2) is 35.3 Å². The number of ether oxygens (including phenoxy) is 1. The molecule has 0 spiro atoms. The lowest BCUT2D eigenvalue weighted by Crippen LogP contribution is -2.56. The van der Waals surface area contributed by atoms with Crippen LogP contribution in [0.4, 0.5) is 0 Å². The van der Waals surface area contributed by atoms with Gasteiger partial charge in [-0.25, -0.2) is 0 Å². The summed E-state index contributed by atoms with van der Waals surface area (Å²) in [6.07, 6.45) is 6.13. The van der Waals surface area contributed by atoms with Gasteiger partial charge in [-0.3, -0.25) is 9.89 Å². The zero-order valence-electron chi connectivity index (χ0n) is 17.8. The highest BCUT2D eigenvalue weighted by atomic mass is 16.5. The third kappa shape index (κ3) is 5.95. The summed E-state index contributed by atoms with van der Waals surface area (Å²) in [5, 5.41) is 3.57. The fourth-order valence-electron chi connectivity index (χ4n) is 4.72. The van der Waals surface area contributed by atoms with Crippen LogP contribution in [0.2, 0.25) is 0 Å². The summed E-state index contributed by atoms with van der Waals surface area (Å²) in [5.74, 6) is 1.83. The van der Waals surface area contributed by atoms with E-state index in [2.05, 4.69) is 57.4 Å². The smallest absolute Gasteiger partial charge is 0.193 e. The predicted octanol–water partition coefficient (Wildman–Crippen LogP) is 3.37. The lowest BCUT2D eigenvalue weighted by molar-refractivity contribution is 0.0372. The molecular weight excluding hydrogens is 348 g/mol. The number of guanidine groups is 1. The van der Waals surface area contributed by atoms with E-state index in [1.54, 1.807) is 0 Å².